The smallest absolute Gasteiger partial charge is 0.414 e. The van der Waals surface area contributed by atoms with E-state index in [4.69, 9.17) is 9.94 Å². The lowest BCUT2D eigenvalue weighted by Gasteiger charge is -2.20. The number of benzene rings is 2. The van der Waals surface area contributed by atoms with Gasteiger partial charge in [0.1, 0.15) is 11.9 Å². The number of imide groups is 1. The fourth-order valence-corrected chi connectivity index (χ4v) is 3.93. The van der Waals surface area contributed by atoms with Crippen LogP contribution in [0.1, 0.15) is 41.3 Å². The predicted octanol–water partition coefficient (Wildman–Crippen LogP) is 4.76. The summed E-state index contributed by atoms with van der Waals surface area (Å²) < 4.78 is 6.51. The molecule has 10 heteroatoms. The molecule has 2 aromatic rings. The zero-order valence-electron chi connectivity index (χ0n) is 16.2. The summed E-state index contributed by atoms with van der Waals surface area (Å²) >= 11 is 6.59. The number of carbonyl (C=O) groups excluding carboxylic acids is 3. The number of hydrogen-bond donors (Lipinski definition) is 4. The Balaban J connectivity index is 2.12. The fraction of sp³-hybridized carbons (Fsp3) is 0.190. The third kappa shape index (κ3) is 7.82. The second kappa shape index (κ2) is 12.2. The van der Waals surface area contributed by atoms with E-state index >= 15 is 0 Å². The average Bonchev–Trinajstić information content (AvgIpc) is 2.75. The molecule has 1 atom stereocenters. The maximum absolute atomic E-state index is 12.4. The molecule has 0 aliphatic heterocycles. The van der Waals surface area contributed by atoms with Gasteiger partial charge in [0.15, 0.2) is 0 Å². The van der Waals surface area contributed by atoms with Gasteiger partial charge in [-0.15, -0.1) is 0 Å². The molecular weight excluding hydrogens is 536 g/mol. The third-order valence-electron chi connectivity index (χ3n) is 4.12. The first-order valence-corrected chi connectivity index (χ1v) is 10.8. The van der Waals surface area contributed by atoms with Crippen LogP contribution in [-0.2, 0) is 9.53 Å². The third-order valence-corrected chi connectivity index (χ3v) is 5.18. The lowest BCUT2D eigenvalue weighted by atomic mass is 10.0. The number of rotatable bonds is 8. The topological polar surface area (TPSA) is 125 Å². The van der Waals surface area contributed by atoms with Crippen molar-refractivity contribution in [2.75, 3.05) is 0 Å². The Morgan fingerprint density at radius 1 is 1.13 bits per heavy atom. The van der Waals surface area contributed by atoms with Crippen LogP contribution in [0.15, 0.2) is 63.6 Å². The van der Waals surface area contributed by atoms with E-state index in [2.05, 4.69) is 37.2 Å². The maximum Gasteiger partial charge on any atom is 0.414 e. The van der Waals surface area contributed by atoms with E-state index in [9.17, 15) is 19.5 Å². The van der Waals surface area contributed by atoms with Crippen molar-refractivity contribution >= 4 is 49.8 Å². The van der Waals surface area contributed by atoms with Crippen molar-refractivity contribution in [3.05, 3.63) is 74.7 Å². The Morgan fingerprint density at radius 3 is 2.52 bits per heavy atom. The summed E-state index contributed by atoms with van der Waals surface area (Å²) in [6, 6.07) is 11.5. The van der Waals surface area contributed by atoms with E-state index in [1.54, 1.807) is 48.5 Å². The standard InChI is InChI=1S/C21H20Br2N2O6/c22-14-11-15(19(27)16(23)12-14)17(9-5-2-6-10-18(26)25-30)31-21(29)24-20(28)13-7-3-1-4-8-13/h1,3-4,6-8,10-12,17,27,30H,2,5,9H2,(H,25,26)(H,24,28,29)/b10-6+/t17-/m0/s1. The second-order valence-electron chi connectivity index (χ2n) is 6.35. The Hall–Kier alpha value is -2.69. The van der Waals surface area contributed by atoms with Gasteiger partial charge in [-0.2, -0.15) is 0 Å². The van der Waals surface area contributed by atoms with Gasteiger partial charge in [-0.25, -0.2) is 10.3 Å². The van der Waals surface area contributed by atoms with Crippen molar-refractivity contribution in [2.24, 2.45) is 0 Å². The van der Waals surface area contributed by atoms with E-state index in [1.165, 1.54) is 11.6 Å². The SMILES string of the molecule is O=C(/C=C/CCC[C@H](OC(=O)NC(=O)c1ccccc1)c1cc(Br)cc(Br)c1O)NO. The van der Waals surface area contributed by atoms with Gasteiger partial charge in [-0.05, 0) is 59.5 Å². The van der Waals surface area contributed by atoms with Gasteiger partial charge in [0, 0.05) is 21.7 Å². The number of hydrogen-bond acceptors (Lipinski definition) is 6. The largest absolute Gasteiger partial charge is 0.506 e. The molecule has 0 bridgehead atoms. The van der Waals surface area contributed by atoms with Crippen molar-refractivity contribution in [2.45, 2.75) is 25.4 Å². The Morgan fingerprint density at radius 2 is 1.84 bits per heavy atom. The highest BCUT2D eigenvalue weighted by molar-refractivity contribution is 9.11. The van der Waals surface area contributed by atoms with Crippen LogP contribution >= 0.6 is 31.9 Å². The molecule has 0 aromatic heterocycles. The van der Waals surface area contributed by atoms with Crippen LogP contribution in [0.2, 0.25) is 0 Å². The van der Waals surface area contributed by atoms with Crippen molar-refractivity contribution in [3.8, 4) is 5.75 Å². The van der Waals surface area contributed by atoms with E-state index in [0.717, 1.165) is 0 Å². The van der Waals surface area contributed by atoms with Crippen molar-refractivity contribution in [1.29, 1.82) is 0 Å². The number of halogens is 2. The second-order valence-corrected chi connectivity index (χ2v) is 8.12. The predicted molar refractivity (Wildman–Crippen MR) is 120 cm³/mol. The van der Waals surface area contributed by atoms with Gasteiger partial charge in [0.25, 0.3) is 11.8 Å². The summed E-state index contributed by atoms with van der Waals surface area (Å²) in [5, 5.41) is 21.1. The van der Waals surface area contributed by atoms with Crippen LogP contribution in [0.25, 0.3) is 0 Å². The van der Waals surface area contributed by atoms with Crippen LogP contribution in [0.4, 0.5) is 4.79 Å². The Labute approximate surface area is 195 Å². The van der Waals surface area contributed by atoms with Gasteiger partial charge in [-0.3, -0.25) is 20.1 Å². The van der Waals surface area contributed by atoms with Crippen molar-refractivity contribution in [1.82, 2.24) is 10.8 Å². The molecule has 0 fully saturated rings. The van der Waals surface area contributed by atoms with E-state index in [-0.39, 0.29) is 5.75 Å². The highest BCUT2D eigenvalue weighted by Gasteiger charge is 2.23. The molecule has 8 nitrogen and oxygen atoms in total. The fourth-order valence-electron chi connectivity index (χ4n) is 2.67. The first-order valence-electron chi connectivity index (χ1n) is 9.17. The number of allylic oxidation sites excluding steroid dienone is 1. The summed E-state index contributed by atoms with van der Waals surface area (Å²) in [5.41, 5.74) is 2.14. The number of phenols is 1. The zero-order chi connectivity index (χ0) is 22.8. The average molecular weight is 556 g/mol. The molecule has 0 heterocycles. The molecule has 2 rings (SSSR count). The normalized spacial score (nSPS) is 11.7. The number of hydroxylamine groups is 1. The lowest BCUT2D eigenvalue weighted by Crippen LogP contribution is -2.32. The number of phenolic OH excluding ortho intramolecular Hbond substituents is 1. The van der Waals surface area contributed by atoms with Gasteiger partial charge >= 0.3 is 6.09 Å². The summed E-state index contributed by atoms with van der Waals surface area (Å²) in [6.07, 6.45) is 2.15. The van der Waals surface area contributed by atoms with Crippen LogP contribution in [0.5, 0.6) is 5.75 Å². The van der Waals surface area contributed by atoms with Gasteiger partial charge in [0.05, 0.1) is 4.47 Å². The number of aromatic hydroxyl groups is 1. The summed E-state index contributed by atoms with van der Waals surface area (Å²) in [7, 11) is 0. The minimum Gasteiger partial charge on any atom is -0.506 e. The van der Waals surface area contributed by atoms with Crippen molar-refractivity contribution < 1.29 is 29.4 Å². The highest BCUT2D eigenvalue weighted by Crippen LogP contribution is 2.38. The molecule has 0 spiro atoms. The molecule has 0 unspecified atom stereocenters. The number of nitrogens with one attached hydrogen (secondary N) is 2. The quantitative estimate of drug-likeness (QED) is 0.161. The number of amides is 3. The van der Waals surface area contributed by atoms with E-state index in [1.807, 2.05) is 0 Å². The number of ether oxygens (including phenoxy) is 1. The minimum absolute atomic E-state index is 0.0920. The van der Waals surface area contributed by atoms with Gasteiger partial charge < -0.3 is 9.84 Å². The number of carbonyl (C=O) groups is 3. The molecule has 31 heavy (non-hydrogen) atoms. The molecule has 0 saturated heterocycles. The molecule has 0 radical (unpaired) electrons. The van der Waals surface area contributed by atoms with Gasteiger partial charge in [0.2, 0.25) is 0 Å². The highest BCUT2D eigenvalue weighted by atomic mass is 79.9. The van der Waals surface area contributed by atoms with Crippen LogP contribution < -0.4 is 10.8 Å². The molecule has 0 saturated carbocycles. The van der Waals surface area contributed by atoms with E-state index < -0.39 is 24.0 Å². The van der Waals surface area contributed by atoms with Crippen LogP contribution in [0.3, 0.4) is 0 Å². The molecule has 3 amide bonds. The summed E-state index contributed by atoms with van der Waals surface area (Å²) in [6.45, 7) is 0. The summed E-state index contributed by atoms with van der Waals surface area (Å²) in [4.78, 5) is 35.6. The van der Waals surface area contributed by atoms with Crippen LogP contribution in [-0.4, -0.2) is 28.2 Å². The molecule has 0 aliphatic carbocycles. The van der Waals surface area contributed by atoms with Crippen LogP contribution in [0, 0.1) is 0 Å². The van der Waals surface area contributed by atoms with E-state index in [0.29, 0.717) is 39.3 Å². The Kier molecular flexibility index (Phi) is 9.70. The minimum atomic E-state index is -0.954. The van der Waals surface area contributed by atoms with Gasteiger partial charge in [-0.1, -0.05) is 40.2 Å². The molecule has 4 N–H and O–H groups in total. The zero-order valence-corrected chi connectivity index (χ0v) is 19.4. The van der Waals surface area contributed by atoms with Crippen molar-refractivity contribution in [3.63, 3.8) is 0 Å². The first-order chi connectivity index (χ1) is 14.8. The maximum atomic E-state index is 12.4. The molecule has 2 aromatic carbocycles. The molecule has 164 valence electrons. The number of alkyl carbamates (subject to hydrolysis) is 1. The summed E-state index contributed by atoms with van der Waals surface area (Å²) in [5.74, 6) is -1.35. The molecule has 0 aliphatic rings. The molecular formula is C21H20Br2N2O6. The first kappa shape index (κ1) is 24.6. The Bertz CT molecular complexity index is 966. The monoisotopic (exact) mass is 554 g/mol. The number of unbranched alkanes of at least 4 members (excludes halogenated alkanes) is 1. The lowest BCUT2D eigenvalue weighted by molar-refractivity contribution is -0.124.